The predicted octanol–water partition coefficient (Wildman–Crippen LogP) is 2.23. The van der Waals surface area contributed by atoms with Gasteiger partial charge in [-0.25, -0.2) is 4.79 Å². The van der Waals surface area contributed by atoms with Gasteiger partial charge in [-0.1, -0.05) is 24.3 Å². The molecule has 4 rings (SSSR count). The predicted molar refractivity (Wildman–Crippen MR) is 96.9 cm³/mol. The molecule has 2 heterocycles. The number of benzene rings is 2. The molecule has 0 aliphatic carbocycles. The monoisotopic (exact) mass is 320 g/mol. The Morgan fingerprint density at radius 1 is 1.17 bits per heavy atom. The zero-order chi connectivity index (χ0) is 16.7. The lowest BCUT2D eigenvalue weighted by Gasteiger charge is -2.20. The van der Waals surface area contributed by atoms with Gasteiger partial charge in [0.05, 0.1) is 11.2 Å². The van der Waals surface area contributed by atoms with Crippen LogP contribution in [0.15, 0.2) is 53.3 Å². The fourth-order valence-electron chi connectivity index (χ4n) is 3.37. The minimum atomic E-state index is -0.255. The molecule has 0 saturated carbocycles. The maximum absolute atomic E-state index is 12.8. The van der Waals surface area contributed by atoms with Gasteiger partial charge in [0.15, 0.2) is 0 Å². The van der Waals surface area contributed by atoms with Crippen LogP contribution in [0.1, 0.15) is 12.0 Å². The maximum Gasteiger partial charge on any atom is 0.354 e. The van der Waals surface area contributed by atoms with Crippen molar-refractivity contribution in [1.82, 2.24) is 9.55 Å². The molecule has 1 fully saturated rings. The molecular weight excluding hydrogens is 300 g/mol. The minimum Gasteiger partial charge on any atom is -0.354 e. The summed E-state index contributed by atoms with van der Waals surface area (Å²) in [5.41, 5.74) is 8.61. The first-order valence-corrected chi connectivity index (χ1v) is 8.23. The van der Waals surface area contributed by atoms with Crippen LogP contribution < -0.4 is 16.3 Å². The molecule has 2 N–H and O–H groups in total. The number of hydrogen-bond donors (Lipinski definition) is 1. The molecule has 0 spiro atoms. The summed E-state index contributed by atoms with van der Waals surface area (Å²) in [6.07, 6.45) is 0.927. The first-order valence-electron chi connectivity index (χ1n) is 8.23. The van der Waals surface area contributed by atoms with Crippen molar-refractivity contribution < 1.29 is 0 Å². The Bertz CT molecular complexity index is 949. The minimum absolute atomic E-state index is 0.142. The topological polar surface area (TPSA) is 64.2 Å². The summed E-state index contributed by atoms with van der Waals surface area (Å²) >= 11 is 0. The molecule has 1 atom stereocenters. The second-order valence-electron chi connectivity index (χ2n) is 6.40. The molecule has 122 valence electrons. The fourth-order valence-corrected chi connectivity index (χ4v) is 3.37. The summed E-state index contributed by atoms with van der Waals surface area (Å²) in [5, 5.41) is 0.984. The average molecular weight is 320 g/mol. The Hall–Kier alpha value is -2.66. The number of aryl methyl sites for hydroxylation is 1. The highest BCUT2D eigenvalue weighted by Gasteiger charge is 2.23. The van der Waals surface area contributed by atoms with E-state index < -0.39 is 0 Å². The summed E-state index contributed by atoms with van der Waals surface area (Å²) in [4.78, 5) is 19.3. The summed E-state index contributed by atoms with van der Waals surface area (Å²) in [7, 11) is 0. The Morgan fingerprint density at radius 3 is 2.67 bits per heavy atom. The molecule has 24 heavy (non-hydrogen) atoms. The van der Waals surface area contributed by atoms with Crippen LogP contribution in [-0.2, 0) is 0 Å². The zero-order valence-corrected chi connectivity index (χ0v) is 13.6. The van der Waals surface area contributed by atoms with Gasteiger partial charge < -0.3 is 10.6 Å². The quantitative estimate of drug-likeness (QED) is 0.786. The molecule has 0 amide bonds. The number of nitrogens with zero attached hydrogens (tertiary/aromatic N) is 3. The normalized spacial score (nSPS) is 17.6. The number of fused-ring (bicyclic) bond motifs is 1. The van der Waals surface area contributed by atoms with Gasteiger partial charge in [-0.3, -0.25) is 4.57 Å². The molecule has 0 bridgehead atoms. The van der Waals surface area contributed by atoms with Crippen molar-refractivity contribution in [2.45, 2.75) is 19.4 Å². The lowest BCUT2D eigenvalue weighted by Crippen LogP contribution is -2.30. The highest BCUT2D eigenvalue weighted by atomic mass is 16.1. The van der Waals surface area contributed by atoms with Crippen molar-refractivity contribution in [2.24, 2.45) is 5.73 Å². The van der Waals surface area contributed by atoms with Gasteiger partial charge in [-0.05, 0) is 43.2 Å². The van der Waals surface area contributed by atoms with E-state index >= 15 is 0 Å². The third-order valence-corrected chi connectivity index (χ3v) is 4.57. The standard InChI is InChI=1S/C19H20N4O/c1-13-7-8-16-17(11-13)23(15-5-3-2-4-6-15)19(24)21-18(16)22-10-9-14(20)12-22/h2-8,11,14H,9-10,12,20H2,1H3. The molecule has 1 aromatic heterocycles. The van der Waals surface area contributed by atoms with E-state index in [1.807, 2.05) is 43.3 Å². The van der Waals surface area contributed by atoms with E-state index in [0.717, 1.165) is 47.5 Å². The number of anilines is 1. The van der Waals surface area contributed by atoms with E-state index in [1.54, 1.807) is 4.57 Å². The Balaban J connectivity index is 2.00. The number of nitrogens with two attached hydrogens (primary N) is 1. The molecular formula is C19H20N4O. The van der Waals surface area contributed by atoms with E-state index in [-0.39, 0.29) is 11.7 Å². The summed E-state index contributed by atoms with van der Waals surface area (Å²) in [6.45, 7) is 3.61. The fraction of sp³-hybridized carbons (Fsp3) is 0.263. The number of aromatic nitrogens is 2. The lowest BCUT2D eigenvalue weighted by atomic mass is 10.1. The van der Waals surface area contributed by atoms with Gasteiger partial charge >= 0.3 is 5.69 Å². The molecule has 3 aromatic rings. The van der Waals surface area contributed by atoms with Gasteiger partial charge in [0.2, 0.25) is 0 Å². The third kappa shape index (κ3) is 2.47. The van der Waals surface area contributed by atoms with Gasteiger partial charge in [0.25, 0.3) is 0 Å². The van der Waals surface area contributed by atoms with E-state index in [4.69, 9.17) is 5.73 Å². The van der Waals surface area contributed by atoms with Crippen LogP contribution in [0.2, 0.25) is 0 Å². The Kier molecular flexibility index (Phi) is 3.58. The van der Waals surface area contributed by atoms with Gasteiger partial charge in [-0.2, -0.15) is 4.98 Å². The summed E-state index contributed by atoms with van der Waals surface area (Å²) in [6, 6.07) is 15.9. The molecule has 1 saturated heterocycles. The molecule has 1 unspecified atom stereocenters. The highest BCUT2D eigenvalue weighted by molar-refractivity contribution is 5.91. The van der Waals surface area contributed by atoms with Crippen LogP contribution in [-0.4, -0.2) is 28.7 Å². The van der Waals surface area contributed by atoms with E-state index in [1.165, 1.54) is 0 Å². The summed E-state index contributed by atoms with van der Waals surface area (Å²) in [5.74, 6) is 0.745. The first-order chi connectivity index (χ1) is 11.6. The Labute approximate surface area is 140 Å². The number of para-hydroxylation sites is 1. The lowest BCUT2D eigenvalue weighted by molar-refractivity contribution is 0.751. The Morgan fingerprint density at radius 2 is 1.96 bits per heavy atom. The second-order valence-corrected chi connectivity index (χ2v) is 6.40. The number of rotatable bonds is 2. The molecule has 1 aliphatic heterocycles. The van der Waals surface area contributed by atoms with Crippen molar-refractivity contribution in [1.29, 1.82) is 0 Å². The van der Waals surface area contributed by atoms with Crippen LogP contribution in [0.3, 0.4) is 0 Å². The van der Waals surface area contributed by atoms with Crippen LogP contribution in [0.5, 0.6) is 0 Å². The zero-order valence-electron chi connectivity index (χ0n) is 13.6. The van der Waals surface area contributed by atoms with E-state index in [2.05, 4.69) is 22.0 Å². The second kappa shape index (κ2) is 5.76. The third-order valence-electron chi connectivity index (χ3n) is 4.57. The summed E-state index contributed by atoms with van der Waals surface area (Å²) < 4.78 is 1.68. The van der Waals surface area contributed by atoms with Gasteiger partial charge in [0, 0.05) is 24.5 Å². The smallest absolute Gasteiger partial charge is 0.354 e. The van der Waals surface area contributed by atoms with E-state index in [0.29, 0.717) is 0 Å². The largest absolute Gasteiger partial charge is 0.354 e. The van der Waals surface area contributed by atoms with Crippen molar-refractivity contribution in [2.75, 3.05) is 18.0 Å². The van der Waals surface area contributed by atoms with Gasteiger partial charge in [-0.15, -0.1) is 0 Å². The van der Waals surface area contributed by atoms with Crippen LogP contribution >= 0.6 is 0 Å². The molecule has 2 aromatic carbocycles. The molecule has 1 aliphatic rings. The van der Waals surface area contributed by atoms with Gasteiger partial charge in [0.1, 0.15) is 5.82 Å². The SMILES string of the molecule is Cc1ccc2c(N3CCC(N)C3)nc(=O)n(-c3ccccc3)c2c1. The van der Waals surface area contributed by atoms with Crippen LogP contribution in [0.4, 0.5) is 5.82 Å². The first kappa shape index (κ1) is 14.9. The van der Waals surface area contributed by atoms with Crippen molar-refractivity contribution >= 4 is 16.7 Å². The van der Waals surface area contributed by atoms with Crippen molar-refractivity contribution in [3.63, 3.8) is 0 Å². The maximum atomic E-state index is 12.8. The van der Waals surface area contributed by atoms with E-state index in [9.17, 15) is 4.79 Å². The highest BCUT2D eigenvalue weighted by Crippen LogP contribution is 2.27. The average Bonchev–Trinajstić information content (AvgIpc) is 3.01. The van der Waals surface area contributed by atoms with Crippen LogP contribution in [0.25, 0.3) is 16.6 Å². The van der Waals surface area contributed by atoms with Crippen LogP contribution in [0, 0.1) is 6.92 Å². The van der Waals surface area contributed by atoms with Crippen molar-refractivity contribution in [3.05, 3.63) is 64.6 Å². The molecule has 5 heteroatoms. The molecule has 0 radical (unpaired) electrons. The van der Waals surface area contributed by atoms with Crippen molar-refractivity contribution in [3.8, 4) is 5.69 Å². The number of hydrogen-bond acceptors (Lipinski definition) is 4. The molecule has 5 nitrogen and oxygen atoms in total.